The van der Waals surface area contributed by atoms with Gasteiger partial charge in [-0.2, -0.15) is 4.39 Å². The summed E-state index contributed by atoms with van der Waals surface area (Å²) in [5, 5.41) is 10.2. The first kappa shape index (κ1) is 10.4. The molecule has 0 heterocycles. The third-order valence-electron chi connectivity index (χ3n) is 1.69. The van der Waals surface area contributed by atoms with Gasteiger partial charge in [0.05, 0.1) is 16.7 Å². The summed E-state index contributed by atoms with van der Waals surface area (Å²) in [5.41, 5.74) is -0.874. The summed E-state index contributed by atoms with van der Waals surface area (Å²) in [4.78, 5) is 10.6. The Kier molecular flexibility index (Phi) is 2.64. The molecule has 14 heavy (non-hydrogen) atoms. The molecule has 0 amide bonds. The van der Waals surface area contributed by atoms with Crippen molar-refractivity contribution in [3.8, 4) is 0 Å². The third kappa shape index (κ3) is 1.78. The molecule has 0 aliphatic carbocycles. The summed E-state index contributed by atoms with van der Waals surface area (Å²) < 4.78 is 26.1. The lowest BCUT2D eigenvalue weighted by atomic mass is 10.2. The van der Waals surface area contributed by atoms with Gasteiger partial charge in [-0.1, -0.05) is 0 Å². The summed E-state index contributed by atoms with van der Waals surface area (Å²) in [6, 6.07) is 1.37. The highest BCUT2D eigenvalue weighted by Crippen LogP contribution is 2.25. The van der Waals surface area contributed by atoms with Gasteiger partial charge < -0.3 is 4.90 Å². The number of rotatable bonds is 2. The van der Waals surface area contributed by atoms with E-state index in [-0.39, 0.29) is 5.69 Å². The molecule has 0 aliphatic rings. The highest BCUT2D eigenvalue weighted by molar-refractivity contribution is 5.52. The maximum atomic E-state index is 13.1. The van der Waals surface area contributed by atoms with E-state index in [2.05, 4.69) is 0 Å². The van der Waals surface area contributed by atoms with Gasteiger partial charge >= 0.3 is 5.69 Å². The molecular weight excluding hydrogens is 194 g/mol. The van der Waals surface area contributed by atoms with Crippen LogP contribution in [0.5, 0.6) is 0 Å². The fraction of sp³-hybridized carbons (Fsp3) is 0.250. The molecule has 4 nitrogen and oxygen atoms in total. The average molecular weight is 202 g/mol. The van der Waals surface area contributed by atoms with Crippen LogP contribution in [-0.2, 0) is 0 Å². The second-order valence-corrected chi connectivity index (χ2v) is 2.91. The van der Waals surface area contributed by atoms with E-state index in [0.29, 0.717) is 6.07 Å². The zero-order valence-electron chi connectivity index (χ0n) is 7.62. The minimum atomic E-state index is -1.04. The van der Waals surface area contributed by atoms with Gasteiger partial charge in [0, 0.05) is 20.2 Å². The monoisotopic (exact) mass is 202 g/mol. The van der Waals surface area contributed by atoms with Crippen LogP contribution in [0, 0.1) is 21.7 Å². The van der Waals surface area contributed by atoms with Gasteiger partial charge in [-0.15, -0.1) is 0 Å². The van der Waals surface area contributed by atoms with Crippen molar-refractivity contribution in [2.24, 2.45) is 0 Å². The van der Waals surface area contributed by atoms with Crippen molar-refractivity contribution in [2.45, 2.75) is 0 Å². The van der Waals surface area contributed by atoms with E-state index in [9.17, 15) is 18.9 Å². The van der Waals surface area contributed by atoms with Crippen LogP contribution < -0.4 is 4.90 Å². The molecule has 0 N–H and O–H groups in total. The molecule has 0 aliphatic heterocycles. The Morgan fingerprint density at radius 2 is 1.86 bits per heavy atom. The Labute approximate surface area is 78.9 Å². The summed E-state index contributed by atoms with van der Waals surface area (Å²) in [7, 11) is 3.04. The predicted octanol–water partition coefficient (Wildman–Crippen LogP) is 1.94. The number of hydrogen-bond donors (Lipinski definition) is 0. The van der Waals surface area contributed by atoms with Crippen LogP contribution in [0.2, 0.25) is 0 Å². The maximum absolute atomic E-state index is 13.1. The Hall–Kier alpha value is -1.72. The van der Waals surface area contributed by atoms with E-state index >= 15 is 0 Å². The molecule has 0 saturated carbocycles. The van der Waals surface area contributed by atoms with E-state index in [4.69, 9.17) is 0 Å². The zero-order valence-corrected chi connectivity index (χ0v) is 7.62. The first-order chi connectivity index (χ1) is 6.43. The van der Waals surface area contributed by atoms with Crippen LogP contribution in [0.15, 0.2) is 12.1 Å². The number of benzene rings is 1. The van der Waals surface area contributed by atoms with Crippen molar-refractivity contribution in [3.05, 3.63) is 33.9 Å². The molecule has 1 rings (SSSR count). The lowest BCUT2D eigenvalue weighted by molar-refractivity contribution is -0.387. The van der Waals surface area contributed by atoms with Gasteiger partial charge in [0.1, 0.15) is 0 Å². The fourth-order valence-corrected chi connectivity index (χ4v) is 1.01. The lowest BCUT2D eigenvalue weighted by Gasteiger charge is -2.12. The summed E-state index contributed by atoms with van der Waals surface area (Å²) >= 11 is 0. The summed E-state index contributed by atoms with van der Waals surface area (Å²) in [6.07, 6.45) is 0. The van der Waals surface area contributed by atoms with Gasteiger partial charge in [-0.05, 0) is 0 Å². The molecule has 0 saturated heterocycles. The summed E-state index contributed by atoms with van der Waals surface area (Å²) in [6.45, 7) is 0. The minimum absolute atomic E-state index is 0.0203. The van der Waals surface area contributed by atoms with Gasteiger partial charge in [-0.3, -0.25) is 10.1 Å². The molecule has 0 atom stereocenters. The molecule has 0 fully saturated rings. The molecule has 6 heteroatoms. The number of nitro groups is 1. The quantitative estimate of drug-likeness (QED) is 0.543. The number of nitro benzene ring substituents is 1. The van der Waals surface area contributed by atoms with Crippen LogP contribution in [0.25, 0.3) is 0 Å². The molecule has 1 aromatic rings. The number of halogens is 2. The van der Waals surface area contributed by atoms with Crippen molar-refractivity contribution in [2.75, 3.05) is 19.0 Å². The van der Waals surface area contributed by atoms with Crippen LogP contribution in [0.3, 0.4) is 0 Å². The topological polar surface area (TPSA) is 46.4 Å². The predicted molar refractivity (Wildman–Crippen MR) is 47.3 cm³/mol. The fourth-order valence-electron chi connectivity index (χ4n) is 1.01. The molecule has 0 radical (unpaired) electrons. The molecule has 1 aromatic carbocycles. The van der Waals surface area contributed by atoms with Crippen molar-refractivity contribution in [3.63, 3.8) is 0 Å². The molecular formula is C8H8F2N2O2. The maximum Gasteiger partial charge on any atom is 0.307 e. The number of anilines is 1. The van der Waals surface area contributed by atoms with E-state index in [0.717, 1.165) is 6.07 Å². The van der Waals surface area contributed by atoms with Gasteiger partial charge in [0.25, 0.3) is 0 Å². The second-order valence-electron chi connectivity index (χ2n) is 2.91. The molecule has 76 valence electrons. The third-order valence-corrected chi connectivity index (χ3v) is 1.69. The van der Waals surface area contributed by atoms with Gasteiger partial charge in [0.15, 0.2) is 5.82 Å². The Morgan fingerprint density at radius 3 is 2.29 bits per heavy atom. The Balaban J connectivity index is 3.31. The minimum Gasteiger partial charge on any atom is -0.375 e. The Morgan fingerprint density at radius 1 is 1.29 bits per heavy atom. The van der Waals surface area contributed by atoms with Crippen molar-refractivity contribution < 1.29 is 13.7 Å². The van der Waals surface area contributed by atoms with Crippen molar-refractivity contribution in [1.82, 2.24) is 0 Å². The lowest BCUT2D eigenvalue weighted by Crippen LogP contribution is -2.11. The van der Waals surface area contributed by atoms with Crippen LogP contribution in [-0.4, -0.2) is 19.0 Å². The zero-order chi connectivity index (χ0) is 10.9. The first-order valence-electron chi connectivity index (χ1n) is 3.74. The average Bonchev–Trinajstić information content (AvgIpc) is 2.07. The second kappa shape index (κ2) is 3.57. The van der Waals surface area contributed by atoms with E-state index in [1.165, 1.54) is 19.0 Å². The molecule has 0 bridgehead atoms. The normalized spacial score (nSPS) is 10.0. The van der Waals surface area contributed by atoms with E-state index in [1.54, 1.807) is 0 Å². The van der Waals surface area contributed by atoms with E-state index < -0.39 is 22.2 Å². The standard InChI is InChI=1S/C8H8F2N2O2/c1-11(2)7-3-6(10)8(12(13)14)4-5(7)9/h3-4H,1-2H3. The van der Waals surface area contributed by atoms with Crippen LogP contribution >= 0.6 is 0 Å². The van der Waals surface area contributed by atoms with Crippen LogP contribution in [0.4, 0.5) is 20.2 Å². The smallest absolute Gasteiger partial charge is 0.307 e. The highest BCUT2D eigenvalue weighted by Gasteiger charge is 2.18. The largest absolute Gasteiger partial charge is 0.375 e. The molecule has 0 aromatic heterocycles. The number of hydrogen-bond acceptors (Lipinski definition) is 3. The van der Waals surface area contributed by atoms with Gasteiger partial charge in [-0.25, -0.2) is 4.39 Å². The van der Waals surface area contributed by atoms with E-state index in [1.807, 2.05) is 0 Å². The SMILES string of the molecule is CN(C)c1cc(F)c([N+](=O)[O-])cc1F. The first-order valence-corrected chi connectivity index (χ1v) is 3.74. The molecule has 0 spiro atoms. The summed E-state index contributed by atoms with van der Waals surface area (Å²) in [5.74, 6) is -1.86. The highest BCUT2D eigenvalue weighted by atomic mass is 19.1. The number of nitrogens with zero attached hydrogens (tertiary/aromatic N) is 2. The Bertz CT molecular complexity index is 380. The molecule has 0 unspecified atom stereocenters. The van der Waals surface area contributed by atoms with Crippen molar-refractivity contribution in [1.29, 1.82) is 0 Å². The van der Waals surface area contributed by atoms with Crippen molar-refractivity contribution >= 4 is 11.4 Å². The van der Waals surface area contributed by atoms with Crippen LogP contribution in [0.1, 0.15) is 0 Å². The van der Waals surface area contributed by atoms with Gasteiger partial charge in [0.2, 0.25) is 5.82 Å².